The van der Waals surface area contributed by atoms with Crippen LogP contribution in [-0.2, 0) is 0 Å². The van der Waals surface area contributed by atoms with Gasteiger partial charge in [-0.25, -0.2) is 0 Å². The van der Waals surface area contributed by atoms with E-state index in [1.54, 1.807) is 0 Å². The Balaban J connectivity index is 2.09. The van der Waals surface area contributed by atoms with Gasteiger partial charge in [0.2, 0.25) is 0 Å². The van der Waals surface area contributed by atoms with Gasteiger partial charge in [0.1, 0.15) is 0 Å². The predicted octanol–water partition coefficient (Wildman–Crippen LogP) is 5.80. The summed E-state index contributed by atoms with van der Waals surface area (Å²) in [6.07, 6.45) is 9.78. The summed E-state index contributed by atoms with van der Waals surface area (Å²) in [6.45, 7) is 4.27. The second-order valence-electron chi connectivity index (χ2n) is 6.91. The first kappa shape index (κ1) is 18.1. The zero-order chi connectivity index (χ0) is 19.3. The van der Waals surface area contributed by atoms with E-state index in [4.69, 9.17) is 0 Å². The van der Waals surface area contributed by atoms with Gasteiger partial charge in [0.05, 0.1) is 5.52 Å². The average molecular weight is 364 g/mol. The van der Waals surface area contributed by atoms with Crippen molar-refractivity contribution in [2.24, 2.45) is 0 Å². The lowest BCUT2D eigenvalue weighted by Crippen LogP contribution is -2.28. The molecule has 0 saturated carbocycles. The van der Waals surface area contributed by atoms with Crippen LogP contribution in [0.25, 0.3) is 33.7 Å². The van der Waals surface area contributed by atoms with Crippen LogP contribution < -0.4 is 10.4 Å². The van der Waals surface area contributed by atoms with Crippen molar-refractivity contribution in [3.05, 3.63) is 107 Å². The van der Waals surface area contributed by atoms with Crippen LogP contribution >= 0.6 is 0 Å². The Morgan fingerprint density at radius 3 is 2.29 bits per heavy atom. The first-order chi connectivity index (χ1) is 13.8. The van der Waals surface area contributed by atoms with Crippen LogP contribution in [0.2, 0.25) is 0 Å². The lowest BCUT2D eigenvalue weighted by molar-refractivity contribution is 1.28. The number of rotatable bonds is 4. The van der Waals surface area contributed by atoms with E-state index in [-0.39, 0.29) is 0 Å². The van der Waals surface area contributed by atoms with Crippen LogP contribution in [0.5, 0.6) is 0 Å². The highest BCUT2D eigenvalue weighted by atomic mass is 14.7. The number of fused-ring (bicyclic) bond motifs is 1. The van der Waals surface area contributed by atoms with E-state index in [2.05, 4.69) is 116 Å². The summed E-state index contributed by atoms with van der Waals surface area (Å²) < 4.78 is 0. The third kappa shape index (κ3) is 3.32. The van der Waals surface area contributed by atoms with Crippen molar-refractivity contribution in [1.29, 1.82) is 0 Å². The van der Waals surface area contributed by atoms with E-state index in [1.807, 2.05) is 0 Å². The number of aromatic amines is 1. The minimum Gasteiger partial charge on any atom is -0.360 e. The fraction of sp³-hybridized carbons (Fsp3) is 0.111. The molecule has 1 N–H and O–H groups in total. The van der Waals surface area contributed by atoms with Crippen molar-refractivity contribution in [3.63, 3.8) is 0 Å². The van der Waals surface area contributed by atoms with Crippen LogP contribution in [-0.4, -0.2) is 4.98 Å². The van der Waals surface area contributed by atoms with Crippen LogP contribution in [0.3, 0.4) is 0 Å². The van der Waals surface area contributed by atoms with Crippen LogP contribution in [0.4, 0.5) is 0 Å². The molecule has 28 heavy (non-hydrogen) atoms. The molecule has 0 aliphatic rings. The Morgan fingerprint density at radius 1 is 0.893 bits per heavy atom. The fourth-order valence-electron chi connectivity index (χ4n) is 3.86. The SMILES string of the molecule is C\C=C/C(c1ccccc1)=c1/ccc2c(-c3ccccc3)c[nH]c2/c1=C/CC. The highest BCUT2D eigenvalue weighted by Gasteiger charge is 2.09. The number of hydrogen-bond donors (Lipinski definition) is 1. The molecule has 0 radical (unpaired) electrons. The molecule has 1 aromatic heterocycles. The Bertz CT molecular complexity index is 1230. The van der Waals surface area contributed by atoms with Gasteiger partial charge in [-0.2, -0.15) is 0 Å². The molecule has 0 bridgehead atoms. The molecule has 0 fully saturated rings. The molecule has 1 heteroatoms. The first-order valence-corrected chi connectivity index (χ1v) is 9.91. The smallest absolute Gasteiger partial charge is 0.0537 e. The molecule has 0 saturated heterocycles. The largest absolute Gasteiger partial charge is 0.360 e. The van der Waals surface area contributed by atoms with Crippen LogP contribution in [0, 0.1) is 0 Å². The van der Waals surface area contributed by atoms with Gasteiger partial charge in [0, 0.05) is 22.4 Å². The first-order valence-electron chi connectivity index (χ1n) is 9.91. The topological polar surface area (TPSA) is 15.8 Å². The van der Waals surface area contributed by atoms with Gasteiger partial charge in [-0.3, -0.25) is 0 Å². The summed E-state index contributed by atoms with van der Waals surface area (Å²) >= 11 is 0. The average Bonchev–Trinajstić information content (AvgIpc) is 3.18. The molecule has 0 spiro atoms. The Labute approximate surface area is 166 Å². The number of benzene rings is 3. The molecular formula is C27H25N. The van der Waals surface area contributed by atoms with E-state index < -0.39 is 0 Å². The second-order valence-corrected chi connectivity index (χ2v) is 6.91. The normalized spacial score (nSPS) is 13.4. The summed E-state index contributed by atoms with van der Waals surface area (Å²) in [4.78, 5) is 3.56. The van der Waals surface area contributed by atoms with Gasteiger partial charge in [-0.05, 0) is 35.3 Å². The van der Waals surface area contributed by atoms with Gasteiger partial charge in [0.15, 0.2) is 0 Å². The van der Waals surface area contributed by atoms with Gasteiger partial charge in [0.25, 0.3) is 0 Å². The maximum Gasteiger partial charge on any atom is 0.0537 e. The molecule has 0 aliphatic heterocycles. The Morgan fingerprint density at radius 2 is 1.61 bits per heavy atom. The fourth-order valence-corrected chi connectivity index (χ4v) is 3.86. The van der Waals surface area contributed by atoms with Crippen molar-refractivity contribution in [2.45, 2.75) is 20.3 Å². The monoisotopic (exact) mass is 363 g/mol. The van der Waals surface area contributed by atoms with Crippen LogP contribution in [0.1, 0.15) is 25.8 Å². The van der Waals surface area contributed by atoms with E-state index in [1.165, 1.54) is 43.6 Å². The molecule has 1 heterocycles. The predicted molar refractivity (Wildman–Crippen MR) is 122 cm³/mol. The Hall–Kier alpha value is -3.32. The standard InChI is InChI=1S/C27H25N/c1-3-11-22(20-13-7-5-8-14-20)23-17-18-25-26(21-15-9-6-10-16-21)19-28-27(25)24(23)12-4-2/h3,5-19,28H,4H2,1-2H3/b11-3-,23-22+,24-12+. The number of H-pyrrole nitrogens is 1. The Kier molecular flexibility index (Phi) is 5.25. The summed E-state index contributed by atoms with van der Waals surface area (Å²) in [5, 5.41) is 3.81. The zero-order valence-corrected chi connectivity index (χ0v) is 16.4. The summed E-state index contributed by atoms with van der Waals surface area (Å²) in [5.74, 6) is 0. The highest BCUT2D eigenvalue weighted by molar-refractivity contribution is 5.96. The van der Waals surface area contributed by atoms with Crippen molar-refractivity contribution < 1.29 is 0 Å². The molecule has 3 aromatic carbocycles. The van der Waals surface area contributed by atoms with E-state index in [0.29, 0.717) is 0 Å². The quantitative estimate of drug-likeness (QED) is 0.471. The maximum absolute atomic E-state index is 3.56. The molecule has 4 aromatic rings. The molecule has 0 unspecified atom stereocenters. The van der Waals surface area contributed by atoms with Gasteiger partial charge in [-0.1, -0.05) is 97.9 Å². The zero-order valence-electron chi connectivity index (χ0n) is 16.4. The summed E-state index contributed by atoms with van der Waals surface area (Å²) in [6, 6.07) is 25.7. The summed E-state index contributed by atoms with van der Waals surface area (Å²) in [7, 11) is 0. The molecule has 0 amide bonds. The molecular weight excluding hydrogens is 338 g/mol. The number of hydrogen-bond acceptors (Lipinski definition) is 0. The van der Waals surface area contributed by atoms with E-state index in [0.717, 1.165) is 6.42 Å². The number of aromatic nitrogens is 1. The van der Waals surface area contributed by atoms with E-state index in [9.17, 15) is 0 Å². The van der Waals surface area contributed by atoms with Gasteiger partial charge >= 0.3 is 0 Å². The van der Waals surface area contributed by atoms with Gasteiger partial charge in [-0.15, -0.1) is 0 Å². The minimum absolute atomic E-state index is 0.990. The van der Waals surface area contributed by atoms with Crippen molar-refractivity contribution in [3.8, 4) is 11.1 Å². The van der Waals surface area contributed by atoms with E-state index >= 15 is 0 Å². The molecule has 138 valence electrons. The number of allylic oxidation sites excluding steroid dienone is 2. The second kappa shape index (κ2) is 8.14. The van der Waals surface area contributed by atoms with Gasteiger partial charge < -0.3 is 4.98 Å². The van der Waals surface area contributed by atoms with Crippen molar-refractivity contribution >= 4 is 22.6 Å². The molecule has 0 aliphatic carbocycles. The van der Waals surface area contributed by atoms with Crippen molar-refractivity contribution in [2.75, 3.05) is 0 Å². The summed E-state index contributed by atoms with van der Waals surface area (Å²) in [5.41, 5.74) is 6.18. The highest BCUT2D eigenvalue weighted by Crippen LogP contribution is 2.26. The lowest BCUT2D eigenvalue weighted by atomic mass is 9.98. The maximum atomic E-state index is 3.56. The minimum atomic E-state index is 0.990. The lowest BCUT2D eigenvalue weighted by Gasteiger charge is -2.06. The molecule has 0 atom stereocenters. The van der Waals surface area contributed by atoms with Crippen molar-refractivity contribution in [1.82, 2.24) is 4.98 Å². The third-order valence-electron chi connectivity index (χ3n) is 5.10. The third-order valence-corrected chi connectivity index (χ3v) is 5.10. The number of nitrogens with one attached hydrogen (secondary N) is 1. The van der Waals surface area contributed by atoms with Crippen LogP contribution in [0.15, 0.2) is 91.1 Å². The molecule has 4 rings (SSSR count). The molecule has 1 nitrogen and oxygen atoms in total.